The number of carbonyl (C=O) groups excluding carboxylic acids is 1. The molecule has 4 heterocycles. The summed E-state index contributed by atoms with van der Waals surface area (Å²) in [4.78, 5) is 27.2. The van der Waals surface area contributed by atoms with Gasteiger partial charge in [0.15, 0.2) is 5.58 Å². The Labute approximate surface area is 183 Å². The van der Waals surface area contributed by atoms with Gasteiger partial charge in [0.05, 0.1) is 12.1 Å². The highest BCUT2D eigenvalue weighted by Gasteiger charge is 2.57. The van der Waals surface area contributed by atoms with E-state index in [0.717, 1.165) is 6.07 Å². The first-order valence-corrected chi connectivity index (χ1v) is 10.0. The molecule has 7 nitrogen and oxygen atoms in total. The van der Waals surface area contributed by atoms with Crippen molar-refractivity contribution in [2.45, 2.75) is 18.1 Å². The van der Waals surface area contributed by atoms with Crippen LogP contribution in [0.3, 0.4) is 0 Å². The van der Waals surface area contributed by atoms with Crippen LogP contribution in [0.1, 0.15) is 22.6 Å². The number of alkyl halides is 3. The van der Waals surface area contributed by atoms with Gasteiger partial charge in [0.25, 0.3) is 0 Å². The summed E-state index contributed by atoms with van der Waals surface area (Å²) in [6.45, 7) is -0.160. The summed E-state index contributed by atoms with van der Waals surface area (Å²) in [6, 6.07) is 12.4. The molecule has 2 aromatic heterocycles. The lowest BCUT2D eigenvalue weighted by atomic mass is 9.77. The molecule has 0 fully saturated rings. The van der Waals surface area contributed by atoms with Crippen molar-refractivity contribution in [2.75, 3.05) is 11.5 Å². The predicted molar refractivity (Wildman–Crippen MR) is 109 cm³/mol. The number of aryl methyl sites for hydroxylation is 1. The largest absolute Gasteiger partial charge is 0.491 e. The van der Waals surface area contributed by atoms with Crippen LogP contribution in [0, 0.1) is 0 Å². The summed E-state index contributed by atoms with van der Waals surface area (Å²) in [5, 5.41) is 0. The third kappa shape index (κ3) is 2.57. The van der Waals surface area contributed by atoms with Gasteiger partial charge in [0.1, 0.15) is 23.5 Å². The Bertz CT molecular complexity index is 1510. The number of amides is 1. The number of anilines is 1. The fourth-order valence-corrected chi connectivity index (χ4v) is 4.72. The van der Waals surface area contributed by atoms with Crippen molar-refractivity contribution in [2.24, 2.45) is 7.05 Å². The fourth-order valence-electron chi connectivity index (χ4n) is 4.72. The maximum absolute atomic E-state index is 13.9. The van der Waals surface area contributed by atoms with Crippen LogP contribution in [0.2, 0.25) is 0 Å². The molecule has 1 spiro atoms. The normalized spacial score (nSPS) is 19.4. The molecule has 1 atom stereocenters. The van der Waals surface area contributed by atoms with Crippen LogP contribution in [0.5, 0.6) is 5.75 Å². The Hall–Kier alpha value is -3.95. The molecule has 4 aromatic rings. The number of fused-ring (bicyclic) bond motifs is 5. The monoisotopic (exact) mass is 456 g/mol. The number of halogens is 3. The first-order chi connectivity index (χ1) is 15.7. The molecule has 0 aliphatic carbocycles. The third-order valence-corrected chi connectivity index (χ3v) is 6.32. The van der Waals surface area contributed by atoms with Gasteiger partial charge in [-0.15, -0.1) is 0 Å². The van der Waals surface area contributed by atoms with Crippen LogP contribution in [-0.2, 0) is 30.0 Å². The van der Waals surface area contributed by atoms with E-state index in [9.17, 15) is 22.8 Å². The van der Waals surface area contributed by atoms with E-state index in [1.807, 2.05) is 0 Å². The van der Waals surface area contributed by atoms with Crippen molar-refractivity contribution in [3.63, 3.8) is 0 Å². The summed E-state index contributed by atoms with van der Waals surface area (Å²) < 4.78 is 56.4. The van der Waals surface area contributed by atoms with Crippen LogP contribution in [0.15, 0.2) is 62.2 Å². The van der Waals surface area contributed by atoms with Gasteiger partial charge in [-0.2, -0.15) is 13.2 Å². The molecule has 1 unspecified atom stereocenters. The number of rotatable bonds is 2. The van der Waals surface area contributed by atoms with Gasteiger partial charge in [-0.05, 0) is 29.8 Å². The highest BCUT2D eigenvalue weighted by Crippen LogP contribution is 2.53. The minimum atomic E-state index is -4.62. The van der Waals surface area contributed by atoms with Crippen molar-refractivity contribution < 1.29 is 31.5 Å². The molecule has 0 saturated heterocycles. The third-order valence-electron chi connectivity index (χ3n) is 6.32. The zero-order chi connectivity index (χ0) is 23.1. The second kappa shape index (κ2) is 6.31. The quantitative estimate of drug-likeness (QED) is 0.456. The van der Waals surface area contributed by atoms with Gasteiger partial charge in [0, 0.05) is 24.4 Å². The molecule has 33 heavy (non-hydrogen) atoms. The Morgan fingerprint density at radius 2 is 1.82 bits per heavy atom. The van der Waals surface area contributed by atoms with E-state index in [4.69, 9.17) is 13.6 Å². The number of hydrogen-bond donors (Lipinski definition) is 0. The SMILES string of the molecule is Cn1c(=O)oc2cc3c(cc21)OCC31C(=O)N(Cc2ccc(C(F)(F)F)o2)c2ccccc21. The summed E-state index contributed by atoms with van der Waals surface area (Å²) in [5.41, 5.74) is 1.39. The van der Waals surface area contributed by atoms with E-state index in [1.54, 1.807) is 43.4 Å². The van der Waals surface area contributed by atoms with Crippen molar-refractivity contribution in [3.05, 3.63) is 81.7 Å². The van der Waals surface area contributed by atoms with Gasteiger partial charge in [-0.25, -0.2) is 4.79 Å². The van der Waals surface area contributed by atoms with Crippen LogP contribution in [-0.4, -0.2) is 17.1 Å². The van der Waals surface area contributed by atoms with E-state index < -0.39 is 23.1 Å². The van der Waals surface area contributed by atoms with Crippen LogP contribution < -0.4 is 15.4 Å². The molecule has 2 aliphatic rings. The minimum absolute atomic E-state index is 0.00572. The second-order valence-corrected chi connectivity index (χ2v) is 8.11. The number of furan rings is 1. The Kier molecular flexibility index (Phi) is 3.77. The minimum Gasteiger partial charge on any atom is -0.491 e. The van der Waals surface area contributed by atoms with Gasteiger partial charge >= 0.3 is 11.9 Å². The van der Waals surface area contributed by atoms with E-state index in [-0.39, 0.29) is 24.8 Å². The molecule has 6 rings (SSSR count). The van der Waals surface area contributed by atoms with Gasteiger partial charge in [-0.3, -0.25) is 9.36 Å². The molecule has 1 amide bonds. The lowest BCUT2D eigenvalue weighted by molar-refractivity contribution is -0.153. The molecule has 2 aromatic carbocycles. The van der Waals surface area contributed by atoms with Crippen molar-refractivity contribution >= 4 is 22.7 Å². The molecule has 2 aliphatic heterocycles. The van der Waals surface area contributed by atoms with Gasteiger partial charge < -0.3 is 18.5 Å². The summed E-state index contributed by atoms with van der Waals surface area (Å²) in [7, 11) is 1.57. The molecule has 0 bridgehead atoms. The zero-order valence-corrected chi connectivity index (χ0v) is 17.1. The number of carbonyl (C=O) groups is 1. The number of oxazole rings is 1. The lowest BCUT2D eigenvalue weighted by Crippen LogP contribution is -2.42. The van der Waals surface area contributed by atoms with E-state index >= 15 is 0 Å². The first-order valence-electron chi connectivity index (χ1n) is 10.0. The molecule has 10 heteroatoms. The van der Waals surface area contributed by atoms with Crippen LogP contribution in [0.4, 0.5) is 18.9 Å². The molecular weight excluding hydrogens is 441 g/mol. The Morgan fingerprint density at radius 3 is 2.58 bits per heavy atom. The maximum Gasteiger partial charge on any atom is 0.449 e. The van der Waals surface area contributed by atoms with Crippen molar-refractivity contribution in [1.29, 1.82) is 0 Å². The molecule has 168 valence electrons. The van der Waals surface area contributed by atoms with E-state index in [1.165, 1.54) is 15.5 Å². The smallest absolute Gasteiger partial charge is 0.449 e. The zero-order valence-electron chi connectivity index (χ0n) is 17.1. The average molecular weight is 456 g/mol. The number of hydrogen-bond acceptors (Lipinski definition) is 5. The van der Waals surface area contributed by atoms with Gasteiger partial charge in [0.2, 0.25) is 11.7 Å². The molecule has 0 radical (unpaired) electrons. The number of ether oxygens (including phenoxy) is 1. The van der Waals surface area contributed by atoms with Crippen LogP contribution >= 0.6 is 0 Å². The highest BCUT2D eigenvalue weighted by atomic mass is 19.4. The summed E-state index contributed by atoms with van der Waals surface area (Å²) in [5.74, 6) is -1.57. The Balaban J connectivity index is 1.48. The van der Waals surface area contributed by atoms with Gasteiger partial charge in [-0.1, -0.05) is 18.2 Å². The summed E-state index contributed by atoms with van der Waals surface area (Å²) in [6.07, 6.45) is -4.62. The standard InChI is InChI=1S/C23H15F3N2O5/c1-27-16-9-17-14(8-18(16)33-21(27)30)22(11-31-17)13-4-2-3-5-15(13)28(20(22)29)10-12-6-7-19(32-12)23(24,25)26/h2-9H,10-11H2,1H3. The molecule has 0 saturated carbocycles. The van der Waals surface area contributed by atoms with E-state index in [2.05, 4.69) is 0 Å². The van der Waals surface area contributed by atoms with Crippen LogP contribution in [0.25, 0.3) is 11.1 Å². The second-order valence-electron chi connectivity index (χ2n) is 8.11. The Morgan fingerprint density at radius 1 is 1.03 bits per heavy atom. The van der Waals surface area contributed by atoms with Crippen molar-refractivity contribution in [3.8, 4) is 5.75 Å². The number of aromatic nitrogens is 1. The highest BCUT2D eigenvalue weighted by molar-refractivity contribution is 6.11. The maximum atomic E-state index is 13.9. The lowest BCUT2D eigenvalue weighted by Gasteiger charge is -2.22. The number of para-hydroxylation sites is 1. The summed E-state index contributed by atoms with van der Waals surface area (Å²) >= 11 is 0. The molecular formula is C23H15F3N2O5. The number of benzene rings is 2. The molecule has 0 N–H and O–H groups in total. The predicted octanol–water partition coefficient (Wildman–Crippen LogP) is 3.97. The first kappa shape index (κ1) is 19.7. The van der Waals surface area contributed by atoms with E-state index in [0.29, 0.717) is 33.7 Å². The van der Waals surface area contributed by atoms with Crippen molar-refractivity contribution in [1.82, 2.24) is 4.57 Å². The average Bonchev–Trinajstić information content (AvgIpc) is 3.51. The number of nitrogens with zero attached hydrogens (tertiary/aromatic N) is 2. The fraction of sp³-hybridized carbons (Fsp3) is 0.217. The topological polar surface area (TPSA) is 77.8 Å².